The summed E-state index contributed by atoms with van der Waals surface area (Å²) >= 11 is 1.96. The molecule has 0 saturated carbocycles. The average Bonchev–Trinajstić information content (AvgIpc) is 2.92. The number of aryl methyl sites for hydroxylation is 1. The number of anilines is 2. The van der Waals surface area contributed by atoms with Crippen molar-refractivity contribution in [1.29, 1.82) is 5.26 Å². The third-order valence-electron chi connectivity index (χ3n) is 5.94. The van der Waals surface area contributed by atoms with Gasteiger partial charge in [0.2, 0.25) is 0 Å². The Balaban J connectivity index is 1.56. The van der Waals surface area contributed by atoms with Gasteiger partial charge in [0.1, 0.15) is 12.2 Å². The first kappa shape index (κ1) is 16.9. The second kappa shape index (κ2) is 6.74. The Morgan fingerprint density at radius 2 is 2.26 bits per heavy atom. The Kier molecular flexibility index (Phi) is 4.22. The molecule has 1 saturated heterocycles. The monoisotopic (exact) mass is 377 g/mol. The number of benzene rings is 1. The summed E-state index contributed by atoms with van der Waals surface area (Å²) in [5.74, 6) is 2.58. The summed E-state index contributed by atoms with van der Waals surface area (Å²) in [5, 5.41) is 16.8. The standard InChI is InChI=1S/C21H23N5S/c1-13-5-6-17(18(9-22)24-13)25-20-12-27-11-14-3-2-4-15-16-10-23-8-7-19(16)26(20)21(14)15/h2-6,16,19-20,23,25H,7-8,10-12H2,1H3/t16-,19-,20?/m0/s1. The number of hydrogen-bond donors (Lipinski definition) is 2. The van der Waals surface area contributed by atoms with Crippen molar-refractivity contribution in [1.82, 2.24) is 10.3 Å². The molecular formula is C21H23N5S. The van der Waals surface area contributed by atoms with E-state index >= 15 is 0 Å². The molecule has 3 aliphatic heterocycles. The Morgan fingerprint density at radius 1 is 1.33 bits per heavy atom. The van der Waals surface area contributed by atoms with Gasteiger partial charge in [0, 0.05) is 41.4 Å². The van der Waals surface area contributed by atoms with Crippen molar-refractivity contribution in [2.24, 2.45) is 0 Å². The SMILES string of the molecule is Cc1ccc(NC2CSCc3cccc4c3N2[C@H]2CCNC[C@@H]42)c(C#N)n1. The normalized spacial score (nSPS) is 25.9. The van der Waals surface area contributed by atoms with Crippen molar-refractivity contribution in [3.63, 3.8) is 0 Å². The molecule has 5 nitrogen and oxygen atoms in total. The highest BCUT2D eigenvalue weighted by molar-refractivity contribution is 7.98. The van der Waals surface area contributed by atoms with Crippen molar-refractivity contribution >= 4 is 23.1 Å². The zero-order valence-corrected chi connectivity index (χ0v) is 16.2. The van der Waals surface area contributed by atoms with Gasteiger partial charge in [-0.25, -0.2) is 4.98 Å². The minimum absolute atomic E-state index is 0.169. The summed E-state index contributed by atoms with van der Waals surface area (Å²) in [6, 6.07) is 13.6. The molecule has 1 aromatic heterocycles. The minimum Gasteiger partial charge on any atom is -0.362 e. The first-order valence-electron chi connectivity index (χ1n) is 9.59. The molecule has 1 unspecified atom stereocenters. The van der Waals surface area contributed by atoms with Gasteiger partial charge in [-0.1, -0.05) is 18.2 Å². The molecule has 0 aliphatic carbocycles. The van der Waals surface area contributed by atoms with Gasteiger partial charge >= 0.3 is 0 Å². The number of aromatic nitrogens is 1. The van der Waals surface area contributed by atoms with Gasteiger partial charge in [0.05, 0.1) is 5.69 Å². The van der Waals surface area contributed by atoms with Crippen LogP contribution in [-0.2, 0) is 5.75 Å². The third kappa shape index (κ3) is 2.77. The zero-order chi connectivity index (χ0) is 18.4. The van der Waals surface area contributed by atoms with Crippen LogP contribution in [-0.4, -0.2) is 36.0 Å². The van der Waals surface area contributed by atoms with E-state index in [4.69, 9.17) is 0 Å². The second-order valence-corrected chi connectivity index (χ2v) is 8.60. The van der Waals surface area contributed by atoms with Crippen molar-refractivity contribution in [3.8, 4) is 6.07 Å². The van der Waals surface area contributed by atoms with Gasteiger partial charge in [-0.05, 0) is 43.1 Å². The zero-order valence-electron chi connectivity index (χ0n) is 15.4. The van der Waals surface area contributed by atoms with Crippen LogP contribution >= 0.6 is 11.8 Å². The van der Waals surface area contributed by atoms with Gasteiger partial charge in [0.15, 0.2) is 5.69 Å². The van der Waals surface area contributed by atoms with Crippen molar-refractivity contribution in [2.45, 2.75) is 37.2 Å². The Morgan fingerprint density at radius 3 is 3.15 bits per heavy atom. The van der Waals surface area contributed by atoms with Crippen LogP contribution in [0.2, 0.25) is 0 Å². The maximum atomic E-state index is 9.53. The van der Waals surface area contributed by atoms with E-state index in [1.165, 1.54) is 16.8 Å². The van der Waals surface area contributed by atoms with E-state index in [1.807, 2.05) is 30.8 Å². The number of nitriles is 1. The topological polar surface area (TPSA) is 64.0 Å². The number of thioether (sulfide) groups is 1. The molecule has 0 spiro atoms. The number of piperidine rings is 1. The minimum atomic E-state index is 0.169. The van der Waals surface area contributed by atoms with Crippen LogP contribution in [0.4, 0.5) is 11.4 Å². The molecule has 2 N–H and O–H groups in total. The van der Waals surface area contributed by atoms with Crippen molar-refractivity contribution in [3.05, 3.63) is 52.8 Å². The van der Waals surface area contributed by atoms with Gasteiger partial charge in [-0.2, -0.15) is 17.0 Å². The number of nitrogens with zero attached hydrogens (tertiary/aromatic N) is 3. The predicted molar refractivity (Wildman–Crippen MR) is 110 cm³/mol. The molecule has 1 aromatic carbocycles. The number of fused-ring (bicyclic) bond motifs is 3. The Hall–Kier alpha value is -2.23. The van der Waals surface area contributed by atoms with Gasteiger partial charge in [0.25, 0.3) is 0 Å². The molecule has 0 bridgehead atoms. The molecule has 5 rings (SSSR count). The van der Waals surface area contributed by atoms with Crippen LogP contribution in [0.15, 0.2) is 30.3 Å². The van der Waals surface area contributed by atoms with Crippen LogP contribution < -0.4 is 15.5 Å². The van der Waals surface area contributed by atoms with E-state index in [0.29, 0.717) is 17.7 Å². The first-order chi connectivity index (χ1) is 13.3. The molecule has 0 amide bonds. The molecule has 6 heteroatoms. The van der Waals surface area contributed by atoms with Crippen molar-refractivity contribution < 1.29 is 0 Å². The molecule has 3 aliphatic rings. The smallest absolute Gasteiger partial charge is 0.163 e. The van der Waals surface area contributed by atoms with Gasteiger partial charge < -0.3 is 15.5 Å². The fourth-order valence-corrected chi connectivity index (χ4v) is 5.84. The summed E-state index contributed by atoms with van der Waals surface area (Å²) in [5.41, 5.74) is 6.56. The number of para-hydroxylation sites is 1. The highest BCUT2D eigenvalue weighted by Crippen LogP contribution is 2.48. The summed E-state index contributed by atoms with van der Waals surface area (Å²) in [4.78, 5) is 7.03. The molecule has 0 radical (unpaired) electrons. The third-order valence-corrected chi connectivity index (χ3v) is 7.01. The molecule has 4 heterocycles. The van der Waals surface area contributed by atoms with E-state index in [-0.39, 0.29) is 6.17 Å². The quantitative estimate of drug-likeness (QED) is 0.838. The summed E-state index contributed by atoms with van der Waals surface area (Å²) in [7, 11) is 0. The van der Waals surface area contributed by atoms with Gasteiger partial charge in [-0.15, -0.1) is 0 Å². The predicted octanol–water partition coefficient (Wildman–Crippen LogP) is 3.21. The second-order valence-electron chi connectivity index (χ2n) is 7.56. The maximum Gasteiger partial charge on any atom is 0.163 e. The molecule has 2 aromatic rings. The molecule has 27 heavy (non-hydrogen) atoms. The van der Waals surface area contributed by atoms with Crippen LogP contribution in [0.1, 0.15) is 34.9 Å². The average molecular weight is 378 g/mol. The Labute approximate surface area is 164 Å². The fraction of sp³-hybridized carbons (Fsp3) is 0.429. The number of pyridine rings is 1. The highest BCUT2D eigenvalue weighted by atomic mass is 32.2. The van der Waals surface area contributed by atoms with Crippen LogP contribution in [0.25, 0.3) is 0 Å². The Bertz CT molecular complexity index is 921. The number of hydrogen-bond acceptors (Lipinski definition) is 6. The van der Waals surface area contributed by atoms with E-state index in [0.717, 1.165) is 42.4 Å². The van der Waals surface area contributed by atoms with Gasteiger partial charge in [-0.3, -0.25) is 0 Å². The summed E-state index contributed by atoms with van der Waals surface area (Å²) < 4.78 is 0. The fourth-order valence-electron chi connectivity index (χ4n) is 4.80. The largest absolute Gasteiger partial charge is 0.362 e. The van der Waals surface area contributed by atoms with E-state index in [2.05, 4.69) is 44.8 Å². The van der Waals surface area contributed by atoms with E-state index in [1.54, 1.807) is 0 Å². The van der Waals surface area contributed by atoms with Crippen molar-refractivity contribution in [2.75, 3.05) is 29.1 Å². The van der Waals surface area contributed by atoms with Crippen LogP contribution in [0, 0.1) is 18.3 Å². The summed E-state index contributed by atoms with van der Waals surface area (Å²) in [6.07, 6.45) is 1.32. The molecule has 3 atom stereocenters. The van der Waals surface area contributed by atoms with Crippen LogP contribution in [0.3, 0.4) is 0 Å². The van der Waals surface area contributed by atoms with E-state index in [9.17, 15) is 5.26 Å². The lowest BCUT2D eigenvalue weighted by Crippen LogP contribution is -2.51. The molecular weight excluding hydrogens is 354 g/mol. The lowest BCUT2D eigenvalue weighted by atomic mass is 9.90. The number of nitrogens with one attached hydrogen (secondary N) is 2. The highest BCUT2D eigenvalue weighted by Gasteiger charge is 2.44. The lowest BCUT2D eigenvalue weighted by molar-refractivity contribution is 0.393. The summed E-state index contributed by atoms with van der Waals surface area (Å²) in [6.45, 7) is 4.04. The van der Waals surface area contributed by atoms with E-state index < -0.39 is 0 Å². The first-order valence-corrected chi connectivity index (χ1v) is 10.7. The number of rotatable bonds is 2. The van der Waals surface area contributed by atoms with Crippen LogP contribution in [0.5, 0.6) is 0 Å². The molecule has 1 fully saturated rings. The lowest BCUT2D eigenvalue weighted by Gasteiger charge is -2.39. The molecule has 138 valence electrons. The maximum absolute atomic E-state index is 9.53.